The molecule has 51 heavy (non-hydrogen) atoms. The number of imidazole rings is 2. The Bertz CT molecular complexity index is 2230. The van der Waals surface area contributed by atoms with Crippen LogP contribution < -0.4 is 0 Å². The number of aromatic amines is 2. The summed E-state index contributed by atoms with van der Waals surface area (Å²) < 4.78 is 27.2. The van der Waals surface area contributed by atoms with Crippen molar-refractivity contribution in [2.75, 3.05) is 0 Å². The van der Waals surface area contributed by atoms with Crippen LogP contribution in [0, 0.1) is 17.7 Å². The molecule has 2 saturated heterocycles. The Hall–Kier alpha value is -4.93. The molecule has 5 aromatic rings. The number of amides is 2. The van der Waals surface area contributed by atoms with Gasteiger partial charge >= 0.3 is 12.2 Å². The van der Waals surface area contributed by atoms with E-state index in [0.717, 1.165) is 64.4 Å². The number of carbonyl (C=O) groups excluding carboxylic acids is 2. The van der Waals surface area contributed by atoms with E-state index in [1.807, 2.05) is 81.7 Å². The van der Waals surface area contributed by atoms with Crippen molar-refractivity contribution in [2.45, 2.75) is 103 Å². The second kappa shape index (κ2) is 11.0. The maximum atomic E-state index is 15.8. The van der Waals surface area contributed by atoms with Crippen molar-refractivity contribution in [3.8, 4) is 22.4 Å². The Kier molecular flexibility index (Phi) is 6.93. The fourth-order valence-corrected chi connectivity index (χ4v) is 8.27. The third kappa shape index (κ3) is 5.70. The van der Waals surface area contributed by atoms with Crippen molar-refractivity contribution in [1.82, 2.24) is 29.7 Å². The van der Waals surface area contributed by atoms with E-state index in [0.29, 0.717) is 28.9 Å². The molecule has 4 fully saturated rings. The van der Waals surface area contributed by atoms with Gasteiger partial charge in [-0.15, -0.1) is 0 Å². The highest BCUT2D eigenvalue weighted by atomic mass is 19.1. The van der Waals surface area contributed by atoms with Gasteiger partial charge in [0.25, 0.3) is 0 Å². The van der Waals surface area contributed by atoms with Crippen molar-refractivity contribution in [3.63, 3.8) is 0 Å². The van der Waals surface area contributed by atoms with Crippen LogP contribution >= 0.6 is 0 Å². The van der Waals surface area contributed by atoms with Gasteiger partial charge in [0, 0.05) is 23.0 Å². The first-order valence-corrected chi connectivity index (χ1v) is 18.0. The van der Waals surface area contributed by atoms with Gasteiger partial charge in [-0.05, 0) is 120 Å². The number of nitrogens with one attached hydrogen (secondary N) is 2. The molecule has 2 aliphatic heterocycles. The van der Waals surface area contributed by atoms with Crippen LogP contribution in [0.25, 0.3) is 44.2 Å². The van der Waals surface area contributed by atoms with E-state index in [2.05, 4.69) is 21.0 Å². The molecule has 0 bridgehead atoms. The number of aromatic nitrogens is 4. The van der Waals surface area contributed by atoms with Gasteiger partial charge in [-0.2, -0.15) is 0 Å². The van der Waals surface area contributed by atoms with Crippen molar-refractivity contribution in [1.29, 1.82) is 0 Å². The van der Waals surface area contributed by atoms with Crippen LogP contribution in [-0.4, -0.2) is 65.2 Å². The van der Waals surface area contributed by atoms with Crippen LogP contribution in [0.4, 0.5) is 14.0 Å². The minimum absolute atomic E-state index is 0.148. The lowest BCUT2D eigenvalue weighted by molar-refractivity contribution is 0.0164. The van der Waals surface area contributed by atoms with Crippen LogP contribution in [0.3, 0.4) is 0 Å². The maximum Gasteiger partial charge on any atom is 0.411 e. The Balaban J connectivity index is 0.955. The van der Waals surface area contributed by atoms with Gasteiger partial charge in [0.05, 0.1) is 35.0 Å². The summed E-state index contributed by atoms with van der Waals surface area (Å²) in [6, 6.07) is 15.4. The van der Waals surface area contributed by atoms with Crippen LogP contribution in [-0.2, 0) is 9.47 Å². The zero-order valence-electron chi connectivity index (χ0n) is 29.8. The molecule has 2 saturated carbocycles. The molecular weight excluding hydrogens is 647 g/mol. The second-order valence-electron chi connectivity index (χ2n) is 16.8. The highest BCUT2D eigenvalue weighted by Crippen LogP contribution is 2.54. The van der Waals surface area contributed by atoms with E-state index in [-0.39, 0.29) is 42.2 Å². The Labute approximate surface area is 295 Å². The number of likely N-dealkylation sites (tertiary alicyclic amines) is 2. The van der Waals surface area contributed by atoms with Crippen molar-refractivity contribution in [2.24, 2.45) is 11.8 Å². The van der Waals surface area contributed by atoms with Crippen molar-refractivity contribution < 1.29 is 23.5 Å². The Morgan fingerprint density at radius 3 is 2.00 bits per heavy atom. The van der Waals surface area contributed by atoms with Crippen molar-refractivity contribution in [3.05, 3.63) is 72.2 Å². The summed E-state index contributed by atoms with van der Waals surface area (Å²) in [7, 11) is 0. The lowest BCUT2D eigenvalue weighted by atomic mass is 9.99. The predicted molar refractivity (Wildman–Crippen MR) is 191 cm³/mol. The summed E-state index contributed by atoms with van der Waals surface area (Å²) in [6.45, 7) is 11.3. The number of nitrogens with zero attached hydrogens (tertiary/aromatic N) is 4. The molecule has 6 atom stereocenters. The lowest BCUT2D eigenvalue weighted by Crippen LogP contribution is -2.38. The van der Waals surface area contributed by atoms with E-state index in [1.54, 1.807) is 18.3 Å². The van der Waals surface area contributed by atoms with E-state index >= 15 is 4.39 Å². The molecule has 2 amide bonds. The molecule has 0 radical (unpaired) electrons. The van der Waals surface area contributed by atoms with Crippen LogP contribution in [0.2, 0.25) is 0 Å². The summed E-state index contributed by atoms with van der Waals surface area (Å²) in [4.78, 5) is 46.3. The summed E-state index contributed by atoms with van der Waals surface area (Å²) in [5, 5.41) is 1.97. The smallest absolute Gasteiger partial charge is 0.411 e. The summed E-state index contributed by atoms with van der Waals surface area (Å²) in [6.07, 6.45) is 4.72. The fraction of sp³-hybridized carbons (Fsp3) is 0.450. The molecule has 4 heterocycles. The molecule has 2 aliphatic carbocycles. The molecule has 0 unspecified atom stereocenters. The number of carbonyl (C=O) groups is 2. The summed E-state index contributed by atoms with van der Waals surface area (Å²) in [5.74, 6) is 2.01. The Morgan fingerprint density at radius 1 is 0.765 bits per heavy atom. The van der Waals surface area contributed by atoms with Crippen LogP contribution in [0.1, 0.15) is 91.0 Å². The summed E-state index contributed by atoms with van der Waals surface area (Å²) >= 11 is 0. The quantitative estimate of drug-likeness (QED) is 0.194. The number of benzene rings is 3. The number of H-pyrrole nitrogens is 2. The summed E-state index contributed by atoms with van der Waals surface area (Å²) in [5.41, 5.74) is 3.23. The third-order valence-electron chi connectivity index (χ3n) is 10.7. The first kappa shape index (κ1) is 32.0. The van der Waals surface area contributed by atoms with Gasteiger partial charge in [-0.3, -0.25) is 9.80 Å². The van der Waals surface area contributed by atoms with Gasteiger partial charge in [0.2, 0.25) is 0 Å². The first-order chi connectivity index (χ1) is 24.2. The number of halogens is 1. The number of fused-ring (bicyclic) bond motifs is 5. The molecule has 11 heteroatoms. The Morgan fingerprint density at radius 2 is 1.37 bits per heavy atom. The van der Waals surface area contributed by atoms with E-state index in [1.165, 1.54) is 0 Å². The molecule has 9 rings (SSSR count). The topological polar surface area (TPSA) is 116 Å². The number of rotatable bonds is 4. The van der Waals surface area contributed by atoms with Gasteiger partial charge in [0.1, 0.15) is 28.7 Å². The molecular formula is C40H43FN6O4. The lowest BCUT2D eigenvalue weighted by Gasteiger charge is -2.29. The van der Waals surface area contributed by atoms with Gasteiger partial charge in [-0.25, -0.2) is 23.9 Å². The number of ether oxygens (including phenoxy) is 2. The SMILES string of the molecule is CC(C)(C)OC(=O)N1[C@@H]2C[C@@H]2C[C@H]1c1ncc(-c2ccc(-c3ccc4c(ccc5[nH]c([C@@H]6C[C@H]7C[C@H]7N6C(=O)OC(C)(C)C)nc54)c3)cc2F)[nH]1. The largest absolute Gasteiger partial charge is 0.444 e. The molecule has 0 spiro atoms. The average Bonchev–Trinajstić information content (AvgIpc) is 3.68. The number of hydrogen-bond donors (Lipinski definition) is 2. The molecule has 10 nitrogen and oxygen atoms in total. The van der Waals surface area contributed by atoms with Crippen LogP contribution in [0.15, 0.2) is 54.7 Å². The van der Waals surface area contributed by atoms with Gasteiger partial charge < -0.3 is 19.4 Å². The molecule has 264 valence electrons. The fourth-order valence-electron chi connectivity index (χ4n) is 8.27. The van der Waals surface area contributed by atoms with E-state index in [4.69, 9.17) is 14.5 Å². The third-order valence-corrected chi connectivity index (χ3v) is 10.7. The van der Waals surface area contributed by atoms with E-state index in [9.17, 15) is 9.59 Å². The van der Waals surface area contributed by atoms with Crippen LogP contribution in [0.5, 0.6) is 0 Å². The first-order valence-electron chi connectivity index (χ1n) is 18.0. The highest BCUT2D eigenvalue weighted by Gasteiger charge is 2.57. The van der Waals surface area contributed by atoms with Gasteiger partial charge in [-0.1, -0.05) is 24.3 Å². The second-order valence-corrected chi connectivity index (χ2v) is 16.8. The zero-order valence-corrected chi connectivity index (χ0v) is 29.8. The zero-order chi connectivity index (χ0) is 35.6. The molecule has 4 aliphatic rings. The monoisotopic (exact) mass is 690 g/mol. The standard InChI is InChI=1S/C40H43FN6O4/c1-39(2,3)50-37(48)46-30-15-23(30)17-32(46)35-42-19-29(44-35)26-11-8-21(14-27(26)41)20-7-10-25-22(13-20)9-12-28-34(25)45-36(43-28)33-18-24-16-31(24)47(33)38(49)51-40(4,5)6/h7-14,19,23-24,30-33H,15-18H2,1-6H3,(H,42,44)(H,43,45)/t23-,24-,30-,31-,32+,33+/m1/s1. The number of hydrogen-bond acceptors (Lipinski definition) is 6. The molecule has 2 N–H and O–H groups in total. The minimum Gasteiger partial charge on any atom is -0.444 e. The molecule has 3 aromatic carbocycles. The highest BCUT2D eigenvalue weighted by molar-refractivity contribution is 6.05. The van der Waals surface area contributed by atoms with Crippen molar-refractivity contribution >= 4 is 34.0 Å². The maximum absolute atomic E-state index is 15.8. The van der Waals surface area contributed by atoms with E-state index < -0.39 is 11.2 Å². The average molecular weight is 691 g/mol. The van der Waals surface area contributed by atoms with Gasteiger partial charge in [0.15, 0.2) is 0 Å². The predicted octanol–water partition coefficient (Wildman–Crippen LogP) is 9.05. The minimum atomic E-state index is -0.587. The number of piperidine rings is 2. The normalized spacial score (nSPS) is 25.3. The molecule has 2 aromatic heterocycles.